The van der Waals surface area contributed by atoms with Crippen molar-refractivity contribution in [1.29, 1.82) is 0 Å². The lowest BCUT2D eigenvalue weighted by Crippen LogP contribution is -2.06. The molecule has 3 nitrogen and oxygen atoms in total. The van der Waals surface area contributed by atoms with E-state index in [1.54, 1.807) is 30.5 Å². The monoisotopic (exact) mass is 281 g/mol. The van der Waals surface area contributed by atoms with Gasteiger partial charge in [0.25, 0.3) is 0 Å². The Morgan fingerprint density at radius 2 is 2.16 bits per heavy atom. The Labute approximate surface area is 115 Å². The van der Waals surface area contributed by atoms with Gasteiger partial charge >= 0.3 is 0 Å². The molecule has 5 heteroatoms. The number of pyridine rings is 1. The molecule has 0 radical (unpaired) electrons. The van der Waals surface area contributed by atoms with Gasteiger partial charge < -0.3 is 9.84 Å². The molecule has 19 heavy (non-hydrogen) atoms. The van der Waals surface area contributed by atoms with E-state index in [0.29, 0.717) is 17.0 Å². The molecule has 1 unspecified atom stereocenters. The van der Waals surface area contributed by atoms with Gasteiger partial charge in [-0.15, -0.1) is 0 Å². The molecule has 100 valence electrons. The van der Waals surface area contributed by atoms with Crippen molar-refractivity contribution in [3.63, 3.8) is 0 Å². The minimum Gasteiger partial charge on any atom is -0.481 e. The molecule has 2 aromatic rings. The molecule has 0 aliphatic rings. The first-order chi connectivity index (χ1) is 9.13. The third-order valence-electron chi connectivity index (χ3n) is 2.80. The second-order valence-electron chi connectivity index (χ2n) is 4.03. The largest absolute Gasteiger partial charge is 0.481 e. The number of aliphatic hydroxyl groups is 1. The van der Waals surface area contributed by atoms with Crippen LogP contribution in [0.5, 0.6) is 5.88 Å². The highest BCUT2D eigenvalue weighted by molar-refractivity contribution is 6.30. The second kappa shape index (κ2) is 5.99. The van der Waals surface area contributed by atoms with Gasteiger partial charge in [0, 0.05) is 18.2 Å². The molecule has 0 amide bonds. The molecule has 1 N–H and O–H groups in total. The highest BCUT2D eigenvalue weighted by atomic mass is 35.5. The lowest BCUT2D eigenvalue weighted by molar-refractivity contribution is 0.171. The van der Waals surface area contributed by atoms with Crippen molar-refractivity contribution in [3.05, 3.63) is 58.5 Å². The zero-order valence-electron chi connectivity index (χ0n) is 10.3. The second-order valence-corrected chi connectivity index (χ2v) is 4.44. The maximum atomic E-state index is 13.8. The average Bonchev–Trinajstić information content (AvgIpc) is 2.43. The summed E-state index contributed by atoms with van der Waals surface area (Å²) in [4.78, 5) is 4.00. The van der Waals surface area contributed by atoms with E-state index in [0.717, 1.165) is 0 Å². The van der Waals surface area contributed by atoms with Crippen molar-refractivity contribution in [3.8, 4) is 5.88 Å². The van der Waals surface area contributed by atoms with E-state index in [9.17, 15) is 9.50 Å². The molecule has 0 fully saturated rings. The van der Waals surface area contributed by atoms with Gasteiger partial charge in [0.15, 0.2) is 0 Å². The summed E-state index contributed by atoms with van der Waals surface area (Å²) in [6, 6.07) is 8.09. The lowest BCUT2D eigenvalue weighted by atomic mass is 10.0. The van der Waals surface area contributed by atoms with Crippen molar-refractivity contribution in [2.45, 2.75) is 12.5 Å². The predicted molar refractivity (Wildman–Crippen MR) is 70.9 cm³/mol. The number of rotatable bonds is 4. The standard InChI is InChI=1S/C14H13ClFNO2/c1-19-14-10(5-3-7-17-14)12(18)8-9-4-2-6-11(15)13(9)16/h2-7,12,18H,8H2,1H3. The van der Waals surface area contributed by atoms with Crippen LogP contribution in [0.25, 0.3) is 0 Å². The van der Waals surface area contributed by atoms with E-state index in [1.807, 2.05) is 0 Å². The summed E-state index contributed by atoms with van der Waals surface area (Å²) >= 11 is 5.71. The van der Waals surface area contributed by atoms with Crippen LogP contribution in [-0.2, 0) is 6.42 Å². The normalized spacial score (nSPS) is 12.2. The van der Waals surface area contributed by atoms with Crippen LogP contribution in [0, 0.1) is 5.82 Å². The SMILES string of the molecule is COc1ncccc1C(O)Cc1cccc(Cl)c1F. The highest BCUT2D eigenvalue weighted by Gasteiger charge is 2.17. The Balaban J connectivity index is 2.26. The quantitative estimate of drug-likeness (QED) is 0.936. The maximum absolute atomic E-state index is 13.8. The fourth-order valence-electron chi connectivity index (χ4n) is 1.85. The molecule has 0 saturated heterocycles. The van der Waals surface area contributed by atoms with Gasteiger partial charge in [0.1, 0.15) is 5.82 Å². The van der Waals surface area contributed by atoms with E-state index in [1.165, 1.54) is 13.2 Å². The number of benzene rings is 1. The molecule has 0 aliphatic carbocycles. The number of ether oxygens (including phenoxy) is 1. The summed E-state index contributed by atoms with van der Waals surface area (Å²) in [6.07, 6.45) is 0.764. The zero-order chi connectivity index (χ0) is 13.8. The third-order valence-corrected chi connectivity index (χ3v) is 3.09. The minimum absolute atomic E-state index is 0.0443. The van der Waals surface area contributed by atoms with Gasteiger partial charge in [-0.1, -0.05) is 23.7 Å². The van der Waals surface area contributed by atoms with Crippen LogP contribution in [-0.4, -0.2) is 17.2 Å². The molecule has 1 heterocycles. The number of aliphatic hydroxyl groups excluding tert-OH is 1. The summed E-state index contributed by atoms with van der Waals surface area (Å²) in [6.45, 7) is 0. The van der Waals surface area contributed by atoms with Crippen LogP contribution in [0.4, 0.5) is 4.39 Å². The first-order valence-electron chi connectivity index (χ1n) is 5.73. The van der Waals surface area contributed by atoms with Gasteiger partial charge in [-0.2, -0.15) is 0 Å². The fraction of sp³-hybridized carbons (Fsp3) is 0.214. The van der Waals surface area contributed by atoms with Crippen molar-refractivity contribution in [2.24, 2.45) is 0 Å². The molecule has 0 aliphatic heterocycles. The lowest BCUT2D eigenvalue weighted by Gasteiger charge is -2.14. The summed E-state index contributed by atoms with van der Waals surface area (Å²) in [7, 11) is 1.47. The number of halogens is 2. The average molecular weight is 282 g/mol. The van der Waals surface area contributed by atoms with Crippen LogP contribution in [0.1, 0.15) is 17.2 Å². The number of hydrogen-bond acceptors (Lipinski definition) is 3. The van der Waals surface area contributed by atoms with Crippen molar-refractivity contribution in [2.75, 3.05) is 7.11 Å². The van der Waals surface area contributed by atoms with Crippen LogP contribution in [0.2, 0.25) is 5.02 Å². The van der Waals surface area contributed by atoms with Crippen LogP contribution < -0.4 is 4.74 Å². The smallest absolute Gasteiger partial charge is 0.218 e. The Morgan fingerprint density at radius 1 is 1.37 bits per heavy atom. The molecule has 1 atom stereocenters. The predicted octanol–water partition coefficient (Wildman–Crippen LogP) is 3.16. The maximum Gasteiger partial charge on any atom is 0.218 e. The van der Waals surface area contributed by atoms with E-state index < -0.39 is 11.9 Å². The molecule has 1 aromatic heterocycles. The van der Waals surface area contributed by atoms with Gasteiger partial charge in [-0.3, -0.25) is 0 Å². The summed E-state index contributed by atoms with van der Waals surface area (Å²) in [5, 5.41) is 10.2. The van der Waals surface area contributed by atoms with Gasteiger partial charge in [0.2, 0.25) is 5.88 Å². The van der Waals surface area contributed by atoms with Gasteiger partial charge in [-0.25, -0.2) is 9.37 Å². The minimum atomic E-state index is -0.906. The molecule has 0 bridgehead atoms. The fourth-order valence-corrected chi connectivity index (χ4v) is 2.05. The summed E-state index contributed by atoms with van der Waals surface area (Å²) < 4.78 is 18.8. The molecule has 0 spiro atoms. The van der Waals surface area contributed by atoms with Crippen molar-refractivity contribution in [1.82, 2.24) is 4.98 Å². The highest BCUT2D eigenvalue weighted by Crippen LogP contribution is 2.27. The topological polar surface area (TPSA) is 42.4 Å². The first-order valence-corrected chi connectivity index (χ1v) is 6.11. The van der Waals surface area contributed by atoms with Crippen LogP contribution >= 0.6 is 11.6 Å². The van der Waals surface area contributed by atoms with Crippen LogP contribution in [0.3, 0.4) is 0 Å². The Bertz CT molecular complexity index is 577. The number of hydrogen-bond donors (Lipinski definition) is 1. The number of aromatic nitrogens is 1. The first kappa shape index (κ1) is 13.8. The number of methoxy groups -OCH3 is 1. The molecular weight excluding hydrogens is 269 g/mol. The van der Waals surface area contributed by atoms with Gasteiger partial charge in [0.05, 0.1) is 18.2 Å². The zero-order valence-corrected chi connectivity index (χ0v) is 11.1. The van der Waals surface area contributed by atoms with Crippen molar-refractivity contribution < 1.29 is 14.2 Å². The molecule has 0 saturated carbocycles. The van der Waals surface area contributed by atoms with E-state index in [4.69, 9.17) is 16.3 Å². The molecule has 1 aromatic carbocycles. The number of nitrogens with zero attached hydrogens (tertiary/aromatic N) is 1. The third kappa shape index (κ3) is 3.03. The summed E-state index contributed by atoms with van der Waals surface area (Å²) in [5.41, 5.74) is 0.871. The van der Waals surface area contributed by atoms with E-state index >= 15 is 0 Å². The van der Waals surface area contributed by atoms with E-state index in [2.05, 4.69) is 4.98 Å². The van der Waals surface area contributed by atoms with Gasteiger partial charge in [-0.05, 0) is 23.8 Å². The molecular formula is C14H13ClFNO2. The molecule has 2 rings (SSSR count). The van der Waals surface area contributed by atoms with E-state index in [-0.39, 0.29) is 11.4 Å². The Hall–Kier alpha value is -1.65. The Kier molecular flexibility index (Phi) is 4.35. The van der Waals surface area contributed by atoms with Crippen molar-refractivity contribution >= 4 is 11.6 Å². The van der Waals surface area contributed by atoms with Crippen LogP contribution in [0.15, 0.2) is 36.5 Å². The Morgan fingerprint density at radius 3 is 2.89 bits per heavy atom. The summed E-state index contributed by atoms with van der Waals surface area (Å²) in [5.74, 6) is -0.177.